The highest BCUT2D eigenvalue weighted by molar-refractivity contribution is 6.31. The Hall–Kier alpha value is -4.40. The lowest BCUT2D eigenvalue weighted by Crippen LogP contribution is -2.24. The second kappa shape index (κ2) is 9.16. The van der Waals surface area contributed by atoms with Gasteiger partial charge in [-0.05, 0) is 53.9 Å². The van der Waals surface area contributed by atoms with E-state index in [4.69, 9.17) is 27.2 Å². The Morgan fingerprint density at radius 3 is 2.79 bits per heavy atom. The molecule has 6 rings (SSSR count). The third kappa shape index (κ3) is 3.77. The summed E-state index contributed by atoms with van der Waals surface area (Å²) < 4.78 is 5.56. The van der Waals surface area contributed by atoms with Crippen LogP contribution in [0.15, 0.2) is 60.8 Å². The first-order valence-corrected chi connectivity index (χ1v) is 12.4. The number of hydrogen-bond donors (Lipinski definition) is 3. The summed E-state index contributed by atoms with van der Waals surface area (Å²) in [5.41, 5.74) is 11.9. The fraction of sp³-hybridized carbons (Fsp3) is 0.138. The zero-order valence-electron chi connectivity index (χ0n) is 20.4. The van der Waals surface area contributed by atoms with Gasteiger partial charge in [0.15, 0.2) is 5.69 Å². The normalized spacial score (nSPS) is 12.9. The molecule has 2 aromatic heterocycles. The fourth-order valence-electron chi connectivity index (χ4n) is 5.21. The Morgan fingerprint density at radius 1 is 1.16 bits per heavy atom. The molecule has 0 saturated heterocycles. The Morgan fingerprint density at radius 2 is 2.00 bits per heavy atom. The number of carbonyl (C=O) groups excluding carboxylic acids is 2. The maximum absolute atomic E-state index is 13.3. The summed E-state index contributed by atoms with van der Waals surface area (Å²) in [5.74, 6) is -0.161. The van der Waals surface area contributed by atoms with Crippen molar-refractivity contribution in [3.63, 3.8) is 0 Å². The number of fused-ring (bicyclic) bond motifs is 4. The standard InChI is InChI=1S/C29H23ClN4O4/c1-15-19(3-2-4-24(15)34-14-16-5-6-17(30)11-21(16)29(34)37)22-13-32-27(28(31)36)26-25(22)20-8-7-18(38-10-9-35)12-23(20)33-26/h2-8,11-13,33,35H,9-10,14H2,1H3,(H2,31,36). The van der Waals surface area contributed by atoms with E-state index < -0.39 is 5.91 Å². The highest BCUT2D eigenvalue weighted by Gasteiger charge is 2.30. The van der Waals surface area contributed by atoms with E-state index in [1.165, 1.54) is 0 Å². The number of aliphatic hydroxyl groups excluding tert-OH is 1. The maximum atomic E-state index is 13.3. The molecule has 3 heterocycles. The Balaban J connectivity index is 1.52. The molecule has 0 unspecified atom stereocenters. The fourth-order valence-corrected chi connectivity index (χ4v) is 5.38. The lowest BCUT2D eigenvalue weighted by molar-refractivity contribution is 0.0988. The molecule has 1 aliphatic heterocycles. The van der Waals surface area contributed by atoms with Crippen molar-refractivity contribution in [2.24, 2.45) is 5.73 Å². The van der Waals surface area contributed by atoms with Crippen LogP contribution in [0.4, 0.5) is 5.69 Å². The third-order valence-corrected chi connectivity index (χ3v) is 7.19. The SMILES string of the molecule is Cc1c(-c2cnc(C(N)=O)c3[nH]c4cc(OCCO)ccc4c23)cccc1N1Cc2ccc(Cl)cc2C1=O. The van der Waals surface area contributed by atoms with Crippen LogP contribution in [0.25, 0.3) is 32.9 Å². The van der Waals surface area contributed by atoms with E-state index >= 15 is 0 Å². The van der Waals surface area contributed by atoms with E-state index in [1.54, 1.807) is 23.2 Å². The summed E-state index contributed by atoms with van der Waals surface area (Å²) in [4.78, 5) is 35.0. The van der Waals surface area contributed by atoms with Gasteiger partial charge in [0.05, 0.1) is 24.2 Å². The van der Waals surface area contributed by atoms with E-state index in [-0.39, 0.29) is 24.8 Å². The van der Waals surface area contributed by atoms with Crippen molar-refractivity contribution in [2.45, 2.75) is 13.5 Å². The van der Waals surface area contributed by atoms with Gasteiger partial charge in [-0.2, -0.15) is 0 Å². The summed E-state index contributed by atoms with van der Waals surface area (Å²) in [6, 6.07) is 16.7. The zero-order valence-corrected chi connectivity index (χ0v) is 21.2. The first-order chi connectivity index (χ1) is 18.4. The largest absolute Gasteiger partial charge is 0.491 e. The predicted octanol–water partition coefficient (Wildman–Crippen LogP) is 4.98. The minimum Gasteiger partial charge on any atom is -0.491 e. The molecule has 5 aromatic rings. The van der Waals surface area contributed by atoms with Gasteiger partial charge in [-0.25, -0.2) is 4.98 Å². The molecular formula is C29H23ClN4O4. The van der Waals surface area contributed by atoms with Crippen LogP contribution in [0.5, 0.6) is 5.75 Å². The number of nitrogens with one attached hydrogen (secondary N) is 1. The van der Waals surface area contributed by atoms with Crippen molar-refractivity contribution in [1.29, 1.82) is 0 Å². The number of aliphatic hydroxyl groups is 1. The number of aromatic nitrogens is 2. The number of halogens is 1. The summed E-state index contributed by atoms with van der Waals surface area (Å²) in [6.45, 7) is 2.49. The molecule has 1 aliphatic rings. The predicted molar refractivity (Wildman–Crippen MR) is 147 cm³/mol. The van der Waals surface area contributed by atoms with Crippen LogP contribution in [0, 0.1) is 6.92 Å². The van der Waals surface area contributed by atoms with Gasteiger partial charge < -0.3 is 25.5 Å². The van der Waals surface area contributed by atoms with E-state index in [2.05, 4.69) is 9.97 Å². The van der Waals surface area contributed by atoms with Gasteiger partial charge in [-0.3, -0.25) is 9.59 Å². The molecule has 0 fully saturated rings. The van der Waals surface area contributed by atoms with E-state index in [0.717, 1.165) is 44.2 Å². The van der Waals surface area contributed by atoms with Crippen LogP contribution in [0.1, 0.15) is 32.0 Å². The van der Waals surface area contributed by atoms with Crippen molar-refractivity contribution < 1.29 is 19.4 Å². The molecule has 0 aliphatic carbocycles. The lowest BCUT2D eigenvalue weighted by atomic mass is 9.95. The van der Waals surface area contributed by atoms with Gasteiger partial charge in [-0.15, -0.1) is 0 Å². The number of hydrogen-bond acceptors (Lipinski definition) is 5. The first kappa shape index (κ1) is 24.0. The first-order valence-electron chi connectivity index (χ1n) is 12.1. The Bertz CT molecular complexity index is 1780. The summed E-state index contributed by atoms with van der Waals surface area (Å²) in [5, 5.41) is 11.3. The molecule has 0 bridgehead atoms. The molecule has 3 aromatic carbocycles. The van der Waals surface area contributed by atoms with Gasteiger partial charge in [0.2, 0.25) is 0 Å². The summed E-state index contributed by atoms with van der Waals surface area (Å²) >= 11 is 6.15. The van der Waals surface area contributed by atoms with Gasteiger partial charge in [-0.1, -0.05) is 29.8 Å². The number of ether oxygens (including phenoxy) is 1. The number of amides is 2. The van der Waals surface area contributed by atoms with Gasteiger partial charge in [0.25, 0.3) is 11.8 Å². The Kier molecular flexibility index (Phi) is 5.78. The molecule has 0 saturated carbocycles. The average molecular weight is 527 g/mol. The van der Waals surface area contributed by atoms with Crippen LogP contribution in [0.3, 0.4) is 0 Å². The monoisotopic (exact) mass is 526 g/mol. The van der Waals surface area contributed by atoms with Crippen molar-refractivity contribution in [2.75, 3.05) is 18.1 Å². The van der Waals surface area contributed by atoms with Gasteiger partial charge >= 0.3 is 0 Å². The average Bonchev–Trinajstić information content (AvgIpc) is 3.44. The summed E-state index contributed by atoms with van der Waals surface area (Å²) in [7, 11) is 0. The van der Waals surface area contributed by atoms with E-state index in [9.17, 15) is 9.59 Å². The molecule has 9 heteroatoms. The smallest absolute Gasteiger partial charge is 0.269 e. The number of nitrogens with zero attached hydrogens (tertiary/aromatic N) is 2. The molecule has 0 atom stereocenters. The molecule has 190 valence electrons. The van der Waals surface area contributed by atoms with Gasteiger partial charge in [0, 0.05) is 44.9 Å². The van der Waals surface area contributed by atoms with Crippen LogP contribution in [-0.4, -0.2) is 40.1 Å². The van der Waals surface area contributed by atoms with E-state index in [1.807, 2.05) is 49.4 Å². The summed E-state index contributed by atoms with van der Waals surface area (Å²) in [6.07, 6.45) is 1.65. The highest BCUT2D eigenvalue weighted by Crippen LogP contribution is 2.41. The molecule has 2 amide bonds. The van der Waals surface area contributed by atoms with E-state index in [0.29, 0.717) is 28.4 Å². The second-order valence-corrected chi connectivity index (χ2v) is 9.62. The zero-order chi connectivity index (χ0) is 26.6. The van der Waals surface area contributed by atoms with Crippen molar-refractivity contribution >= 4 is 50.9 Å². The Labute approximate surface area is 222 Å². The number of carbonyl (C=O) groups is 2. The minimum absolute atomic E-state index is 0.0993. The number of nitrogens with two attached hydrogens (primary N) is 1. The topological polar surface area (TPSA) is 122 Å². The molecule has 8 nitrogen and oxygen atoms in total. The number of primary amides is 1. The maximum Gasteiger partial charge on any atom is 0.269 e. The number of pyridine rings is 1. The minimum atomic E-state index is -0.644. The number of benzene rings is 3. The highest BCUT2D eigenvalue weighted by atomic mass is 35.5. The van der Waals surface area contributed by atoms with Crippen molar-refractivity contribution in [3.8, 4) is 16.9 Å². The quantitative estimate of drug-likeness (QED) is 0.288. The van der Waals surface area contributed by atoms with Crippen molar-refractivity contribution in [3.05, 3.63) is 88.2 Å². The molecule has 38 heavy (non-hydrogen) atoms. The number of anilines is 1. The molecular weight excluding hydrogens is 504 g/mol. The third-order valence-electron chi connectivity index (χ3n) is 6.95. The number of H-pyrrole nitrogens is 1. The number of aromatic amines is 1. The lowest BCUT2D eigenvalue weighted by Gasteiger charge is -2.21. The van der Waals surface area contributed by atoms with Crippen molar-refractivity contribution in [1.82, 2.24) is 9.97 Å². The van der Waals surface area contributed by atoms with Crippen LogP contribution in [-0.2, 0) is 6.54 Å². The second-order valence-electron chi connectivity index (χ2n) is 9.18. The molecule has 0 radical (unpaired) electrons. The van der Waals surface area contributed by atoms with Gasteiger partial charge in [0.1, 0.15) is 12.4 Å². The van der Waals surface area contributed by atoms with Crippen LogP contribution >= 0.6 is 11.6 Å². The number of rotatable bonds is 6. The van der Waals surface area contributed by atoms with Crippen LogP contribution < -0.4 is 15.4 Å². The molecule has 4 N–H and O–H groups in total. The van der Waals surface area contributed by atoms with Crippen LogP contribution in [0.2, 0.25) is 5.02 Å². The molecule has 0 spiro atoms.